The molecule has 1 heterocycles. The van der Waals surface area contributed by atoms with Gasteiger partial charge in [-0.1, -0.05) is 65.8 Å². The highest BCUT2D eigenvalue weighted by molar-refractivity contribution is 5.76. The summed E-state index contributed by atoms with van der Waals surface area (Å²) in [4.78, 5) is 19.6. The average molecular weight is 350 g/mol. The molecular formula is C20H18N2O4. The highest BCUT2D eigenvalue weighted by Crippen LogP contribution is 2.32. The van der Waals surface area contributed by atoms with E-state index in [1.54, 1.807) is 0 Å². The number of hydrogen-bond acceptors (Lipinski definition) is 5. The smallest absolute Gasteiger partial charge is 0.344 e. The van der Waals surface area contributed by atoms with Gasteiger partial charge in [0.1, 0.15) is 5.69 Å². The summed E-state index contributed by atoms with van der Waals surface area (Å²) >= 11 is 0. The highest BCUT2D eigenvalue weighted by Gasteiger charge is 2.16. The fourth-order valence-electron chi connectivity index (χ4n) is 2.43. The van der Waals surface area contributed by atoms with Gasteiger partial charge in [0.15, 0.2) is 11.7 Å². The SMILES string of the molecule is O=C(O)CON=CCCc1nc(-c2ccccc2)c(-c2ccccc2)o1. The number of nitrogens with zero attached hydrogens (tertiary/aromatic N) is 2. The zero-order chi connectivity index (χ0) is 18.2. The van der Waals surface area contributed by atoms with Crippen molar-refractivity contribution < 1.29 is 19.2 Å². The minimum atomic E-state index is -1.06. The lowest BCUT2D eigenvalue weighted by Crippen LogP contribution is -2.03. The van der Waals surface area contributed by atoms with Crippen LogP contribution in [0.5, 0.6) is 0 Å². The van der Waals surface area contributed by atoms with Crippen LogP contribution in [0.2, 0.25) is 0 Å². The molecule has 0 radical (unpaired) electrons. The number of benzene rings is 2. The number of carboxylic acids is 1. The summed E-state index contributed by atoms with van der Waals surface area (Å²) < 4.78 is 5.99. The molecule has 0 atom stereocenters. The van der Waals surface area contributed by atoms with Crippen molar-refractivity contribution >= 4 is 12.2 Å². The maximum absolute atomic E-state index is 10.3. The summed E-state index contributed by atoms with van der Waals surface area (Å²) in [5.41, 5.74) is 2.74. The minimum Gasteiger partial charge on any atom is -0.479 e. The van der Waals surface area contributed by atoms with Gasteiger partial charge in [0.2, 0.25) is 6.61 Å². The van der Waals surface area contributed by atoms with E-state index in [0.717, 1.165) is 22.6 Å². The molecule has 0 fully saturated rings. The van der Waals surface area contributed by atoms with Crippen LogP contribution in [0.25, 0.3) is 22.6 Å². The van der Waals surface area contributed by atoms with Crippen LogP contribution in [-0.4, -0.2) is 28.9 Å². The van der Waals surface area contributed by atoms with Gasteiger partial charge in [0, 0.05) is 23.8 Å². The molecule has 0 amide bonds. The lowest BCUT2D eigenvalue weighted by Gasteiger charge is -2.00. The molecule has 2 aromatic carbocycles. The molecule has 0 aliphatic rings. The lowest BCUT2D eigenvalue weighted by molar-refractivity contribution is -0.142. The van der Waals surface area contributed by atoms with Crippen LogP contribution in [0, 0.1) is 0 Å². The van der Waals surface area contributed by atoms with Gasteiger partial charge < -0.3 is 14.4 Å². The first-order valence-electron chi connectivity index (χ1n) is 8.20. The zero-order valence-electron chi connectivity index (χ0n) is 14.0. The number of aliphatic carboxylic acids is 1. The van der Waals surface area contributed by atoms with Crippen LogP contribution < -0.4 is 0 Å². The Morgan fingerprint density at radius 3 is 2.38 bits per heavy atom. The Bertz CT molecular complexity index is 816. The third kappa shape index (κ3) is 4.57. The second kappa shape index (κ2) is 8.62. The van der Waals surface area contributed by atoms with Crippen molar-refractivity contribution in [1.82, 2.24) is 4.98 Å². The molecule has 132 valence electrons. The Kier molecular flexibility index (Phi) is 5.77. The predicted molar refractivity (Wildman–Crippen MR) is 97.8 cm³/mol. The summed E-state index contributed by atoms with van der Waals surface area (Å²) in [5.74, 6) is 0.258. The van der Waals surface area contributed by atoms with Gasteiger partial charge in [-0.2, -0.15) is 0 Å². The molecular weight excluding hydrogens is 332 g/mol. The van der Waals surface area contributed by atoms with Gasteiger partial charge in [-0.05, 0) is 6.42 Å². The van der Waals surface area contributed by atoms with Gasteiger partial charge in [0.25, 0.3) is 0 Å². The maximum Gasteiger partial charge on any atom is 0.344 e. The first-order chi connectivity index (χ1) is 12.7. The molecule has 0 saturated heterocycles. The molecule has 0 aliphatic heterocycles. The summed E-state index contributed by atoms with van der Waals surface area (Å²) in [6, 6.07) is 19.7. The number of aromatic nitrogens is 1. The monoisotopic (exact) mass is 350 g/mol. The second-order valence-corrected chi connectivity index (χ2v) is 5.51. The number of aryl methyl sites for hydroxylation is 1. The molecule has 6 heteroatoms. The number of carboxylic acid groups (broad SMARTS) is 1. The number of oxazole rings is 1. The first kappa shape index (κ1) is 17.4. The molecule has 6 nitrogen and oxygen atoms in total. The standard InChI is InChI=1S/C20H18N2O4/c23-18(24)14-25-21-13-7-12-17-22-19(15-8-3-1-4-9-15)20(26-17)16-10-5-2-6-11-16/h1-6,8-11,13H,7,12,14H2,(H,23,24). The van der Waals surface area contributed by atoms with E-state index in [0.29, 0.717) is 18.7 Å². The Morgan fingerprint density at radius 1 is 1.08 bits per heavy atom. The molecule has 0 spiro atoms. The maximum atomic E-state index is 10.3. The van der Waals surface area contributed by atoms with E-state index in [-0.39, 0.29) is 0 Å². The van der Waals surface area contributed by atoms with E-state index in [2.05, 4.69) is 15.0 Å². The minimum absolute atomic E-state index is 0.453. The van der Waals surface area contributed by atoms with Crippen molar-refractivity contribution in [3.05, 3.63) is 66.6 Å². The van der Waals surface area contributed by atoms with E-state index in [9.17, 15) is 4.79 Å². The topological polar surface area (TPSA) is 84.9 Å². The molecule has 3 aromatic rings. The number of carbonyl (C=O) groups is 1. The van der Waals surface area contributed by atoms with Crippen LogP contribution in [0.3, 0.4) is 0 Å². The normalized spacial score (nSPS) is 10.9. The highest BCUT2D eigenvalue weighted by atomic mass is 16.6. The fraction of sp³-hybridized carbons (Fsp3) is 0.150. The van der Waals surface area contributed by atoms with Crippen LogP contribution in [0.1, 0.15) is 12.3 Å². The quantitative estimate of drug-likeness (QED) is 0.490. The molecule has 1 N–H and O–H groups in total. The Hall–Kier alpha value is -3.41. The fourth-order valence-corrected chi connectivity index (χ4v) is 2.43. The molecule has 0 bridgehead atoms. The Balaban J connectivity index is 1.78. The van der Waals surface area contributed by atoms with Crippen LogP contribution in [-0.2, 0) is 16.1 Å². The number of rotatable bonds is 8. The third-order valence-electron chi connectivity index (χ3n) is 3.58. The van der Waals surface area contributed by atoms with Gasteiger partial charge >= 0.3 is 5.97 Å². The molecule has 3 rings (SSSR count). The van der Waals surface area contributed by atoms with Crippen molar-refractivity contribution in [2.75, 3.05) is 6.61 Å². The molecule has 1 aromatic heterocycles. The van der Waals surface area contributed by atoms with Gasteiger partial charge in [-0.25, -0.2) is 9.78 Å². The number of hydrogen-bond donors (Lipinski definition) is 1. The van der Waals surface area contributed by atoms with E-state index in [1.807, 2.05) is 60.7 Å². The Labute approximate surface area is 150 Å². The second-order valence-electron chi connectivity index (χ2n) is 5.51. The van der Waals surface area contributed by atoms with Gasteiger partial charge in [0.05, 0.1) is 0 Å². The van der Waals surface area contributed by atoms with Crippen LogP contribution in [0.15, 0.2) is 70.2 Å². The van der Waals surface area contributed by atoms with E-state index >= 15 is 0 Å². The summed E-state index contributed by atoms with van der Waals surface area (Å²) in [6.07, 6.45) is 2.58. The van der Waals surface area contributed by atoms with E-state index < -0.39 is 12.6 Å². The first-order valence-corrected chi connectivity index (χ1v) is 8.20. The largest absolute Gasteiger partial charge is 0.479 e. The summed E-state index contributed by atoms with van der Waals surface area (Å²) in [6.45, 7) is -0.453. The zero-order valence-corrected chi connectivity index (χ0v) is 14.0. The summed E-state index contributed by atoms with van der Waals surface area (Å²) in [5, 5.41) is 12.1. The summed E-state index contributed by atoms with van der Waals surface area (Å²) in [7, 11) is 0. The van der Waals surface area contributed by atoms with Crippen molar-refractivity contribution in [2.24, 2.45) is 5.16 Å². The lowest BCUT2D eigenvalue weighted by atomic mass is 10.1. The number of oxime groups is 1. The van der Waals surface area contributed by atoms with E-state index in [4.69, 9.17) is 9.52 Å². The van der Waals surface area contributed by atoms with E-state index in [1.165, 1.54) is 6.21 Å². The molecule has 0 unspecified atom stereocenters. The third-order valence-corrected chi connectivity index (χ3v) is 3.58. The Morgan fingerprint density at radius 2 is 1.73 bits per heavy atom. The van der Waals surface area contributed by atoms with Gasteiger partial charge in [-0.15, -0.1) is 0 Å². The van der Waals surface area contributed by atoms with Crippen molar-refractivity contribution in [3.8, 4) is 22.6 Å². The van der Waals surface area contributed by atoms with Crippen LogP contribution >= 0.6 is 0 Å². The molecule has 0 saturated carbocycles. The predicted octanol–water partition coefficient (Wildman–Crippen LogP) is 4.03. The van der Waals surface area contributed by atoms with Gasteiger partial charge in [-0.3, -0.25) is 0 Å². The van der Waals surface area contributed by atoms with Crippen molar-refractivity contribution in [1.29, 1.82) is 0 Å². The van der Waals surface area contributed by atoms with Crippen molar-refractivity contribution in [2.45, 2.75) is 12.8 Å². The van der Waals surface area contributed by atoms with Crippen LogP contribution in [0.4, 0.5) is 0 Å². The average Bonchev–Trinajstić information content (AvgIpc) is 3.10. The van der Waals surface area contributed by atoms with Crippen molar-refractivity contribution in [3.63, 3.8) is 0 Å². The molecule has 26 heavy (non-hydrogen) atoms. The molecule has 0 aliphatic carbocycles.